The number of fused-ring (bicyclic) bond motifs is 2. The number of carboxylic acids is 1. The molecule has 182 valence electrons. The lowest BCUT2D eigenvalue weighted by molar-refractivity contribution is -0.225. The van der Waals surface area contributed by atoms with E-state index in [1.807, 2.05) is 37.3 Å². The molecule has 4 heterocycles. The van der Waals surface area contributed by atoms with Gasteiger partial charge in [-0.15, -0.1) is 11.3 Å². The molecule has 2 aromatic rings. The number of carbonyl (C=O) groups is 1. The third-order valence-corrected chi connectivity index (χ3v) is 7.60. The van der Waals surface area contributed by atoms with Crippen LogP contribution in [0.1, 0.15) is 10.4 Å². The van der Waals surface area contributed by atoms with Crippen LogP contribution in [0.25, 0.3) is 0 Å². The number of rotatable bonds is 2. The van der Waals surface area contributed by atoms with Crippen LogP contribution in [0.4, 0.5) is 16.4 Å². The highest BCUT2D eigenvalue weighted by Crippen LogP contribution is 2.47. The van der Waals surface area contributed by atoms with Crippen molar-refractivity contribution in [2.45, 2.75) is 37.6 Å². The number of anilines is 2. The predicted octanol–water partition coefficient (Wildman–Crippen LogP) is 0.726. The van der Waals surface area contributed by atoms with Crippen LogP contribution in [0.15, 0.2) is 35.3 Å². The molecule has 4 N–H and O–H groups in total. The van der Waals surface area contributed by atoms with Gasteiger partial charge in [0.2, 0.25) is 0 Å². The van der Waals surface area contributed by atoms with Gasteiger partial charge in [-0.1, -0.05) is 12.1 Å². The zero-order valence-electron chi connectivity index (χ0n) is 18.9. The van der Waals surface area contributed by atoms with Gasteiger partial charge in [0.05, 0.1) is 16.9 Å². The second-order valence-corrected chi connectivity index (χ2v) is 10.2. The second-order valence-electron chi connectivity index (χ2n) is 8.92. The van der Waals surface area contributed by atoms with Crippen molar-refractivity contribution in [2.75, 3.05) is 38.1 Å². The van der Waals surface area contributed by atoms with E-state index >= 15 is 0 Å². The summed E-state index contributed by atoms with van der Waals surface area (Å²) in [5.41, 5.74) is 2.11. The molecule has 2 fully saturated rings. The second kappa shape index (κ2) is 8.91. The molecule has 3 aliphatic rings. The van der Waals surface area contributed by atoms with Crippen molar-refractivity contribution in [1.29, 1.82) is 0 Å². The minimum Gasteiger partial charge on any atom is -0.479 e. The fraction of sp³-hybridized carbons (Fsp3) is 0.478. The van der Waals surface area contributed by atoms with Gasteiger partial charge < -0.3 is 39.9 Å². The lowest BCUT2D eigenvalue weighted by atomic mass is 9.97. The maximum atomic E-state index is 11.8. The molecule has 11 heteroatoms. The number of piperazine rings is 1. The van der Waals surface area contributed by atoms with E-state index in [0.29, 0.717) is 11.4 Å². The summed E-state index contributed by atoms with van der Waals surface area (Å²) in [5, 5.41) is 42.0. The summed E-state index contributed by atoms with van der Waals surface area (Å²) >= 11 is 1.48. The van der Waals surface area contributed by atoms with E-state index in [4.69, 9.17) is 9.73 Å². The van der Waals surface area contributed by atoms with Gasteiger partial charge in [0, 0.05) is 31.1 Å². The quantitative estimate of drug-likeness (QED) is 0.483. The van der Waals surface area contributed by atoms with Crippen molar-refractivity contribution in [2.24, 2.45) is 4.99 Å². The highest BCUT2D eigenvalue weighted by atomic mass is 32.1. The standard InChI is InChI=1S/C23H28N4O6S/c1-12-11-13-20(26-9-7-25(2)8-10-26)24-14-5-3-4-6-15(14)27(22(13)34-12)21-18(30)16(28)17(29)19(33-21)23(31)32/h3-6,11,16-19,21,28-30H,7-10H2,1-2H3,(H,31,32)/t16-,17-,18-,19+,21-/m1/s1. The SMILES string of the molecule is Cc1cc2c(s1)N([C@@H]1O[C@H](C(=O)O)[C@H](O)[C@@H](O)[C@H]1O)c1ccccc1N=C2N1CCN(C)CC1. The third-order valence-electron chi connectivity index (χ3n) is 6.55. The summed E-state index contributed by atoms with van der Waals surface area (Å²) in [4.78, 5) is 24.0. The molecule has 0 spiro atoms. The monoisotopic (exact) mass is 488 g/mol. The number of ether oxygens (including phenoxy) is 1. The molecule has 0 radical (unpaired) electrons. The van der Waals surface area contributed by atoms with E-state index in [0.717, 1.165) is 47.5 Å². The molecule has 1 aromatic carbocycles. The van der Waals surface area contributed by atoms with Gasteiger partial charge >= 0.3 is 5.97 Å². The van der Waals surface area contributed by atoms with Crippen molar-refractivity contribution in [3.8, 4) is 0 Å². The Kier molecular flexibility index (Phi) is 6.09. The van der Waals surface area contributed by atoms with Gasteiger partial charge in [0.1, 0.15) is 29.1 Å². The fourth-order valence-corrected chi connectivity index (χ4v) is 5.72. The molecule has 0 unspecified atom stereocenters. The molecule has 3 aliphatic heterocycles. The molecular formula is C23H28N4O6S. The predicted molar refractivity (Wildman–Crippen MR) is 127 cm³/mol. The topological polar surface area (TPSA) is 129 Å². The van der Waals surface area contributed by atoms with Crippen LogP contribution in [0, 0.1) is 6.92 Å². The Morgan fingerprint density at radius 1 is 1.09 bits per heavy atom. The first-order valence-electron chi connectivity index (χ1n) is 11.2. The first-order valence-corrected chi connectivity index (χ1v) is 12.0. The molecule has 10 nitrogen and oxygen atoms in total. The third kappa shape index (κ3) is 3.88. The Bertz CT molecular complexity index is 1110. The van der Waals surface area contributed by atoms with E-state index in [2.05, 4.69) is 16.8 Å². The highest BCUT2D eigenvalue weighted by Gasteiger charge is 2.50. The van der Waals surface area contributed by atoms with Crippen molar-refractivity contribution in [3.63, 3.8) is 0 Å². The molecule has 34 heavy (non-hydrogen) atoms. The summed E-state index contributed by atoms with van der Waals surface area (Å²) in [6.07, 6.45) is -7.95. The van der Waals surface area contributed by atoms with E-state index in [-0.39, 0.29) is 0 Å². The molecule has 0 saturated carbocycles. The van der Waals surface area contributed by atoms with Crippen LogP contribution in [-0.4, -0.2) is 106 Å². The number of amidine groups is 1. The van der Waals surface area contributed by atoms with Gasteiger partial charge in [-0.05, 0) is 32.2 Å². The van der Waals surface area contributed by atoms with Gasteiger partial charge in [-0.3, -0.25) is 0 Å². The number of aliphatic hydroxyl groups is 3. The Morgan fingerprint density at radius 3 is 2.50 bits per heavy atom. The molecule has 2 saturated heterocycles. The maximum absolute atomic E-state index is 11.8. The molecule has 1 aromatic heterocycles. The van der Waals surface area contributed by atoms with Crippen molar-refractivity contribution in [1.82, 2.24) is 9.80 Å². The first-order chi connectivity index (χ1) is 16.3. The zero-order valence-corrected chi connectivity index (χ0v) is 19.7. The van der Waals surface area contributed by atoms with Crippen molar-refractivity contribution >= 4 is 39.5 Å². The van der Waals surface area contributed by atoms with Gasteiger partial charge in [0.25, 0.3) is 0 Å². The molecule has 5 rings (SSSR count). The maximum Gasteiger partial charge on any atom is 0.335 e. The Balaban J connectivity index is 1.65. The summed E-state index contributed by atoms with van der Waals surface area (Å²) in [7, 11) is 2.09. The van der Waals surface area contributed by atoms with Gasteiger partial charge in [0.15, 0.2) is 12.3 Å². The Hall–Kier alpha value is -2.54. The highest BCUT2D eigenvalue weighted by molar-refractivity contribution is 7.16. The lowest BCUT2D eigenvalue weighted by Gasteiger charge is -2.44. The van der Waals surface area contributed by atoms with Gasteiger partial charge in [-0.25, -0.2) is 9.79 Å². The van der Waals surface area contributed by atoms with Crippen LogP contribution in [0.5, 0.6) is 0 Å². The molecule has 0 amide bonds. The molecule has 5 atom stereocenters. The van der Waals surface area contributed by atoms with E-state index in [1.165, 1.54) is 11.3 Å². The number of aliphatic imine (C=N–C) groups is 1. The summed E-state index contributed by atoms with van der Waals surface area (Å²) in [5.74, 6) is -0.605. The number of para-hydroxylation sites is 2. The zero-order chi connectivity index (χ0) is 24.1. The molecular weight excluding hydrogens is 460 g/mol. The minimum absolute atomic E-state index is 0.617. The summed E-state index contributed by atoms with van der Waals surface area (Å²) in [6.45, 7) is 5.39. The normalized spacial score (nSPS) is 29.8. The van der Waals surface area contributed by atoms with Crippen molar-refractivity contribution < 1.29 is 30.0 Å². The number of hydrogen-bond acceptors (Lipinski definition) is 10. The van der Waals surface area contributed by atoms with E-state index < -0.39 is 36.6 Å². The van der Waals surface area contributed by atoms with Crippen LogP contribution < -0.4 is 4.90 Å². The number of carboxylic acid groups (broad SMARTS) is 1. The number of nitrogens with zero attached hydrogens (tertiary/aromatic N) is 4. The lowest BCUT2D eigenvalue weighted by Crippen LogP contribution is -2.63. The average Bonchev–Trinajstić information content (AvgIpc) is 3.13. The smallest absolute Gasteiger partial charge is 0.335 e. The average molecular weight is 489 g/mol. The number of benzene rings is 1. The molecule has 0 aliphatic carbocycles. The number of aliphatic carboxylic acids is 1. The number of aryl methyl sites for hydroxylation is 1. The summed E-state index contributed by atoms with van der Waals surface area (Å²) in [6, 6.07) is 9.41. The van der Waals surface area contributed by atoms with Gasteiger partial charge in [-0.2, -0.15) is 0 Å². The fourth-order valence-electron chi connectivity index (χ4n) is 4.68. The minimum atomic E-state index is -1.76. The largest absolute Gasteiger partial charge is 0.479 e. The summed E-state index contributed by atoms with van der Waals surface area (Å²) < 4.78 is 5.76. The van der Waals surface area contributed by atoms with E-state index in [1.54, 1.807) is 4.90 Å². The Morgan fingerprint density at radius 2 is 1.79 bits per heavy atom. The first kappa shape index (κ1) is 23.2. The van der Waals surface area contributed by atoms with Crippen LogP contribution in [0.3, 0.4) is 0 Å². The Labute approximate surface area is 200 Å². The van der Waals surface area contributed by atoms with Crippen molar-refractivity contribution in [3.05, 3.63) is 40.8 Å². The van der Waals surface area contributed by atoms with E-state index in [9.17, 15) is 25.2 Å². The van der Waals surface area contributed by atoms with Crippen LogP contribution >= 0.6 is 11.3 Å². The number of likely N-dealkylation sites (N-methyl/N-ethyl adjacent to an activating group) is 1. The van der Waals surface area contributed by atoms with Crippen LogP contribution in [-0.2, 0) is 9.53 Å². The number of aliphatic hydroxyl groups excluding tert-OH is 3. The molecule has 0 bridgehead atoms. The van der Waals surface area contributed by atoms with Crippen LogP contribution in [0.2, 0.25) is 0 Å². The number of thiophene rings is 1. The number of hydrogen-bond donors (Lipinski definition) is 4.